The molecule has 8 nitrogen and oxygen atoms in total. The fourth-order valence-corrected chi connectivity index (χ4v) is 4.66. The molecule has 0 radical (unpaired) electrons. The lowest BCUT2D eigenvalue weighted by atomic mass is 10.1. The summed E-state index contributed by atoms with van der Waals surface area (Å²) in [5.74, 6) is -1.40. The summed E-state index contributed by atoms with van der Waals surface area (Å²) in [6.07, 6.45) is 2.35. The monoisotopic (exact) mass is 381 g/mol. The van der Waals surface area contributed by atoms with E-state index in [4.69, 9.17) is 4.74 Å². The van der Waals surface area contributed by atoms with Gasteiger partial charge < -0.3 is 15.4 Å². The van der Waals surface area contributed by atoms with Gasteiger partial charge in [0.1, 0.15) is 0 Å². The van der Waals surface area contributed by atoms with Crippen molar-refractivity contribution in [3.8, 4) is 0 Å². The summed E-state index contributed by atoms with van der Waals surface area (Å²) < 4.78 is 30.9. The van der Waals surface area contributed by atoms with E-state index in [0.717, 1.165) is 18.4 Å². The predicted octanol–water partition coefficient (Wildman–Crippen LogP) is 0.769. The Balaban J connectivity index is 1.65. The topological polar surface area (TPSA) is 105 Å². The molecule has 2 aliphatic rings. The molecule has 0 unspecified atom stereocenters. The normalized spacial score (nSPS) is 21.6. The third-order valence-electron chi connectivity index (χ3n) is 4.58. The van der Waals surface area contributed by atoms with Crippen LogP contribution in [0.1, 0.15) is 24.8 Å². The van der Waals surface area contributed by atoms with Crippen molar-refractivity contribution < 1.29 is 22.7 Å². The van der Waals surface area contributed by atoms with Gasteiger partial charge in [0.2, 0.25) is 10.0 Å². The summed E-state index contributed by atoms with van der Waals surface area (Å²) in [5.41, 5.74) is 1.65. The van der Waals surface area contributed by atoms with Crippen LogP contribution in [-0.4, -0.2) is 51.8 Å². The Morgan fingerprint density at radius 3 is 2.73 bits per heavy atom. The van der Waals surface area contributed by atoms with Gasteiger partial charge in [-0.2, -0.15) is 0 Å². The number of nitrogens with zero attached hydrogens (tertiary/aromatic N) is 1. The van der Waals surface area contributed by atoms with Crippen molar-refractivity contribution in [2.24, 2.45) is 0 Å². The molecule has 1 atom stereocenters. The SMILES string of the molecule is Cc1ccc(N2CCCS2(=O)=O)cc1NC(=O)C(=O)NC[C@@H]1CCCO1. The Morgan fingerprint density at radius 1 is 1.27 bits per heavy atom. The molecule has 142 valence electrons. The lowest BCUT2D eigenvalue weighted by molar-refractivity contribution is -0.136. The molecule has 2 amide bonds. The zero-order valence-electron chi connectivity index (χ0n) is 14.7. The summed E-state index contributed by atoms with van der Waals surface area (Å²) in [6, 6.07) is 5.01. The van der Waals surface area contributed by atoms with Crippen LogP contribution in [0.4, 0.5) is 11.4 Å². The molecular formula is C17H23N3O5S. The highest BCUT2D eigenvalue weighted by atomic mass is 32.2. The minimum absolute atomic E-state index is 0.0443. The van der Waals surface area contributed by atoms with Crippen molar-refractivity contribution in [1.82, 2.24) is 5.32 Å². The highest BCUT2D eigenvalue weighted by molar-refractivity contribution is 7.93. The maximum absolute atomic E-state index is 12.1. The van der Waals surface area contributed by atoms with Crippen LogP contribution in [0.25, 0.3) is 0 Å². The largest absolute Gasteiger partial charge is 0.376 e. The number of hydrogen-bond acceptors (Lipinski definition) is 5. The van der Waals surface area contributed by atoms with Gasteiger partial charge in [-0.3, -0.25) is 13.9 Å². The Bertz CT molecular complexity index is 803. The number of carbonyl (C=O) groups excluding carboxylic acids is 2. The standard InChI is InChI=1S/C17H23N3O5S/c1-12-5-6-13(20-7-3-9-26(20,23)24)10-15(12)19-17(22)16(21)18-11-14-4-2-8-25-14/h5-6,10,14H,2-4,7-9,11H2,1H3,(H,18,21)(H,19,22)/t14-/m0/s1. The molecule has 0 aliphatic carbocycles. The number of aryl methyl sites for hydroxylation is 1. The lowest BCUT2D eigenvalue weighted by Crippen LogP contribution is -2.39. The molecule has 0 spiro atoms. The van der Waals surface area contributed by atoms with E-state index in [1.165, 1.54) is 4.31 Å². The Labute approximate surface area is 152 Å². The van der Waals surface area contributed by atoms with Crippen LogP contribution in [0.2, 0.25) is 0 Å². The molecule has 0 saturated carbocycles. The van der Waals surface area contributed by atoms with E-state index in [-0.39, 0.29) is 11.9 Å². The van der Waals surface area contributed by atoms with Crippen LogP contribution in [0, 0.1) is 6.92 Å². The van der Waals surface area contributed by atoms with Crippen LogP contribution in [0.3, 0.4) is 0 Å². The number of sulfonamides is 1. The number of anilines is 2. The first kappa shape index (κ1) is 18.7. The molecule has 2 saturated heterocycles. The van der Waals surface area contributed by atoms with Crippen LogP contribution in [-0.2, 0) is 24.3 Å². The molecule has 0 aromatic heterocycles. The molecule has 9 heteroatoms. The molecule has 2 heterocycles. The van der Waals surface area contributed by atoms with Gasteiger partial charge in [0.05, 0.1) is 17.5 Å². The molecule has 26 heavy (non-hydrogen) atoms. The average Bonchev–Trinajstić information content (AvgIpc) is 3.23. The van der Waals surface area contributed by atoms with Gasteiger partial charge in [0.25, 0.3) is 0 Å². The van der Waals surface area contributed by atoms with E-state index < -0.39 is 21.8 Å². The van der Waals surface area contributed by atoms with Crippen molar-refractivity contribution >= 4 is 33.2 Å². The molecule has 0 bridgehead atoms. The summed E-state index contributed by atoms with van der Waals surface area (Å²) in [6.45, 7) is 3.18. The fourth-order valence-electron chi connectivity index (χ4n) is 3.10. The quantitative estimate of drug-likeness (QED) is 0.750. The predicted molar refractivity (Wildman–Crippen MR) is 97.5 cm³/mol. The highest BCUT2D eigenvalue weighted by Gasteiger charge is 2.29. The number of ether oxygens (including phenoxy) is 1. The van der Waals surface area contributed by atoms with Gasteiger partial charge in [0.15, 0.2) is 0 Å². The number of carbonyl (C=O) groups is 2. The minimum atomic E-state index is -3.31. The second-order valence-electron chi connectivity index (χ2n) is 6.54. The summed E-state index contributed by atoms with van der Waals surface area (Å²) >= 11 is 0. The van der Waals surface area contributed by atoms with Crippen LogP contribution in [0.5, 0.6) is 0 Å². The summed E-state index contributed by atoms with van der Waals surface area (Å²) in [5, 5.41) is 5.13. The van der Waals surface area contributed by atoms with Crippen molar-refractivity contribution in [3.63, 3.8) is 0 Å². The Morgan fingerprint density at radius 2 is 2.08 bits per heavy atom. The fraction of sp³-hybridized carbons (Fsp3) is 0.529. The van der Waals surface area contributed by atoms with Gasteiger partial charge >= 0.3 is 11.8 Å². The average molecular weight is 381 g/mol. The molecule has 3 rings (SSSR count). The van der Waals surface area contributed by atoms with E-state index in [9.17, 15) is 18.0 Å². The van der Waals surface area contributed by atoms with E-state index in [2.05, 4.69) is 10.6 Å². The zero-order valence-corrected chi connectivity index (χ0v) is 15.5. The lowest BCUT2D eigenvalue weighted by Gasteiger charge is -2.19. The van der Waals surface area contributed by atoms with Gasteiger partial charge in [-0.1, -0.05) is 6.07 Å². The molecule has 1 aromatic carbocycles. The Hall–Kier alpha value is -2.13. The van der Waals surface area contributed by atoms with Crippen molar-refractivity contribution in [2.75, 3.05) is 35.1 Å². The summed E-state index contributed by atoms with van der Waals surface area (Å²) in [7, 11) is -3.31. The number of rotatable bonds is 4. The molecular weight excluding hydrogens is 358 g/mol. The Kier molecular flexibility index (Phi) is 5.47. The van der Waals surface area contributed by atoms with E-state index in [0.29, 0.717) is 37.5 Å². The number of nitrogens with one attached hydrogen (secondary N) is 2. The second-order valence-corrected chi connectivity index (χ2v) is 8.55. The van der Waals surface area contributed by atoms with Crippen molar-refractivity contribution in [1.29, 1.82) is 0 Å². The number of hydrogen-bond donors (Lipinski definition) is 2. The van der Waals surface area contributed by atoms with Crippen LogP contribution < -0.4 is 14.9 Å². The summed E-state index contributed by atoms with van der Waals surface area (Å²) in [4.78, 5) is 24.1. The maximum Gasteiger partial charge on any atom is 0.313 e. The molecule has 2 aliphatic heterocycles. The van der Waals surface area contributed by atoms with E-state index in [1.807, 2.05) is 0 Å². The number of benzene rings is 1. The third-order valence-corrected chi connectivity index (χ3v) is 6.45. The van der Waals surface area contributed by atoms with Crippen LogP contribution in [0.15, 0.2) is 18.2 Å². The minimum Gasteiger partial charge on any atom is -0.376 e. The highest BCUT2D eigenvalue weighted by Crippen LogP contribution is 2.28. The zero-order chi connectivity index (χ0) is 18.7. The van der Waals surface area contributed by atoms with Crippen LogP contribution >= 0.6 is 0 Å². The first-order valence-corrected chi connectivity index (χ1v) is 10.3. The first-order chi connectivity index (χ1) is 12.4. The smallest absolute Gasteiger partial charge is 0.313 e. The number of amides is 2. The van der Waals surface area contributed by atoms with Gasteiger partial charge in [-0.15, -0.1) is 0 Å². The first-order valence-electron chi connectivity index (χ1n) is 8.69. The second kappa shape index (κ2) is 7.63. The van der Waals surface area contributed by atoms with Gasteiger partial charge in [0, 0.05) is 25.4 Å². The third kappa shape index (κ3) is 4.16. The van der Waals surface area contributed by atoms with Gasteiger partial charge in [-0.05, 0) is 43.9 Å². The molecule has 1 aromatic rings. The van der Waals surface area contributed by atoms with Crippen molar-refractivity contribution in [2.45, 2.75) is 32.3 Å². The maximum atomic E-state index is 12.1. The van der Waals surface area contributed by atoms with E-state index >= 15 is 0 Å². The molecule has 2 fully saturated rings. The molecule has 2 N–H and O–H groups in total. The van der Waals surface area contributed by atoms with E-state index in [1.54, 1.807) is 25.1 Å². The van der Waals surface area contributed by atoms with Crippen molar-refractivity contribution in [3.05, 3.63) is 23.8 Å². The van der Waals surface area contributed by atoms with Gasteiger partial charge in [-0.25, -0.2) is 8.42 Å².